The summed E-state index contributed by atoms with van der Waals surface area (Å²) in [4.78, 5) is 38.2. The van der Waals surface area contributed by atoms with Crippen LogP contribution in [-0.4, -0.2) is 59.0 Å². The molecule has 228 valence electrons. The number of hydrogen-bond acceptors (Lipinski definition) is 6. The second kappa shape index (κ2) is 12.4. The fourth-order valence-corrected chi connectivity index (χ4v) is 6.61. The number of nitrogens with one attached hydrogen (secondary N) is 3. The van der Waals surface area contributed by atoms with Crippen LogP contribution in [0.2, 0.25) is 0 Å². The van der Waals surface area contributed by atoms with Crippen LogP contribution in [0.4, 0.5) is 4.79 Å². The van der Waals surface area contributed by atoms with Crippen molar-refractivity contribution >= 4 is 24.1 Å². The van der Waals surface area contributed by atoms with Crippen molar-refractivity contribution in [3.63, 3.8) is 0 Å². The molecule has 10 heteroatoms. The largest absolute Gasteiger partial charge is 0.477 e. The highest BCUT2D eigenvalue weighted by Crippen LogP contribution is 2.53. The SMILES string of the molecule is CC(C)COc1c(C(=O)NC2C3CC4CC(C3)CC2C4)cnn1/C=C/C(C)(C)C(=O)NCCNC(=O)OC(C)(C)C. The predicted molar refractivity (Wildman–Crippen MR) is 157 cm³/mol. The Bertz CT molecular complexity index is 1100. The lowest BCUT2D eigenvalue weighted by Crippen LogP contribution is -2.55. The van der Waals surface area contributed by atoms with Gasteiger partial charge in [-0.3, -0.25) is 9.59 Å². The first-order valence-electron chi connectivity index (χ1n) is 15.2. The van der Waals surface area contributed by atoms with Crippen molar-refractivity contribution < 1.29 is 23.9 Å². The molecule has 4 bridgehead atoms. The van der Waals surface area contributed by atoms with Gasteiger partial charge in [0.25, 0.3) is 5.91 Å². The molecule has 0 aromatic carbocycles. The van der Waals surface area contributed by atoms with Gasteiger partial charge in [-0.1, -0.05) is 19.9 Å². The van der Waals surface area contributed by atoms with Crippen molar-refractivity contribution in [1.29, 1.82) is 0 Å². The molecular weight excluding hydrogens is 522 g/mol. The molecule has 1 heterocycles. The highest BCUT2D eigenvalue weighted by molar-refractivity contribution is 5.96. The van der Waals surface area contributed by atoms with E-state index >= 15 is 0 Å². The maximum absolute atomic E-state index is 13.5. The van der Waals surface area contributed by atoms with E-state index in [-0.39, 0.29) is 36.9 Å². The molecule has 4 fully saturated rings. The smallest absolute Gasteiger partial charge is 0.407 e. The molecule has 4 aliphatic carbocycles. The number of carbonyl (C=O) groups excluding carboxylic acids is 3. The van der Waals surface area contributed by atoms with Gasteiger partial charge in [0.15, 0.2) is 0 Å². The first kappa shape index (κ1) is 30.9. The minimum Gasteiger partial charge on any atom is -0.477 e. The summed E-state index contributed by atoms with van der Waals surface area (Å²) in [6.45, 7) is 14.0. The van der Waals surface area contributed by atoms with Gasteiger partial charge in [0, 0.05) is 25.3 Å². The number of amides is 3. The van der Waals surface area contributed by atoms with E-state index < -0.39 is 17.1 Å². The summed E-state index contributed by atoms with van der Waals surface area (Å²) in [5.41, 5.74) is -1.05. The molecule has 3 amide bonds. The third-order valence-corrected chi connectivity index (χ3v) is 8.37. The van der Waals surface area contributed by atoms with E-state index in [4.69, 9.17) is 9.47 Å². The Labute approximate surface area is 244 Å². The number of aromatic nitrogens is 2. The van der Waals surface area contributed by atoms with Crippen LogP contribution >= 0.6 is 0 Å². The lowest BCUT2D eigenvalue weighted by Gasteiger charge is -2.54. The zero-order valence-electron chi connectivity index (χ0n) is 25.8. The van der Waals surface area contributed by atoms with Crippen LogP contribution in [0.3, 0.4) is 0 Å². The van der Waals surface area contributed by atoms with Gasteiger partial charge >= 0.3 is 6.09 Å². The van der Waals surface area contributed by atoms with Gasteiger partial charge in [-0.05, 0) is 96.3 Å². The van der Waals surface area contributed by atoms with Crippen molar-refractivity contribution in [3.05, 3.63) is 17.8 Å². The minimum atomic E-state index is -0.879. The summed E-state index contributed by atoms with van der Waals surface area (Å²) >= 11 is 0. The fraction of sp³-hybridized carbons (Fsp3) is 0.742. The van der Waals surface area contributed by atoms with Gasteiger partial charge in [-0.15, -0.1) is 0 Å². The zero-order chi connectivity index (χ0) is 29.9. The molecule has 0 aliphatic heterocycles. The van der Waals surface area contributed by atoms with Crippen LogP contribution in [0.15, 0.2) is 12.3 Å². The fourth-order valence-electron chi connectivity index (χ4n) is 6.61. The molecular formula is C31H49N5O5. The Hall–Kier alpha value is -3.04. The van der Waals surface area contributed by atoms with Gasteiger partial charge in [-0.2, -0.15) is 5.10 Å². The maximum atomic E-state index is 13.5. The van der Waals surface area contributed by atoms with Crippen LogP contribution < -0.4 is 20.7 Å². The van der Waals surface area contributed by atoms with Gasteiger partial charge in [0.05, 0.1) is 18.2 Å². The average Bonchev–Trinajstić information content (AvgIpc) is 3.27. The Morgan fingerprint density at radius 2 is 1.61 bits per heavy atom. The lowest BCUT2D eigenvalue weighted by atomic mass is 9.54. The van der Waals surface area contributed by atoms with E-state index in [1.54, 1.807) is 53.1 Å². The molecule has 5 rings (SSSR count). The maximum Gasteiger partial charge on any atom is 0.407 e. The molecule has 41 heavy (non-hydrogen) atoms. The highest BCUT2D eigenvalue weighted by Gasteiger charge is 2.48. The molecule has 1 aromatic rings. The van der Waals surface area contributed by atoms with Crippen LogP contribution in [-0.2, 0) is 9.53 Å². The Morgan fingerprint density at radius 3 is 2.20 bits per heavy atom. The summed E-state index contributed by atoms with van der Waals surface area (Å²) in [5.74, 6) is 3.11. The molecule has 4 aliphatic rings. The van der Waals surface area contributed by atoms with Gasteiger partial charge in [0.2, 0.25) is 11.8 Å². The van der Waals surface area contributed by atoms with Crippen LogP contribution in [0, 0.1) is 35.0 Å². The van der Waals surface area contributed by atoms with Crippen molar-refractivity contribution in [2.45, 2.75) is 92.2 Å². The van der Waals surface area contributed by atoms with Crippen molar-refractivity contribution in [2.75, 3.05) is 19.7 Å². The quantitative estimate of drug-likeness (QED) is 0.333. The van der Waals surface area contributed by atoms with Gasteiger partial charge in [-0.25, -0.2) is 9.48 Å². The van der Waals surface area contributed by atoms with Crippen LogP contribution in [0.5, 0.6) is 5.88 Å². The Morgan fingerprint density at radius 1 is 1.00 bits per heavy atom. The van der Waals surface area contributed by atoms with E-state index in [2.05, 4.69) is 34.9 Å². The molecule has 4 saturated carbocycles. The third kappa shape index (κ3) is 8.04. The second-order valence-corrected chi connectivity index (χ2v) is 14.2. The Kier molecular flexibility index (Phi) is 9.39. The highest BCUT2D eigenvalue weighted by atomic mass is 16.6. The van der Waals surface area contributed by atoms with E-state index in [1.165, 1.54) is 36.8 Å². The average molecular weight is 572 g/mol. The summed E-state index contributed by atoms with van der Waals surface area (Å²) in [5, 5.41) is 13.3. The van der Waals surface area contributed by atoms with Crippen molar-refractivity contribution in [1.82, 2.24) is 25.7 Å². The molecule has 1 aromatic heterocycles. The van der Waals surface area contributed by atoms with Crippen molar-refractivity contribution in [2.24, 2.45) is 35.0 Å². The van der Waals surface area contributed by atoms with Crippen LogP contribution in [0.25, 0.3) is 6.20 Å². The molecule has 0 radical (unpaired) electrons. The van der Waals surface area contributed by atoms with E-state index in [0.717, 1.165) is 11.8 Å². The first-order chi connectivity index (χ1) is 19.2. The summed E-state index contributed by atoms with van der Waals surface area (Å²) < 4.78 is 12.8. The van der Waals surface area contributed by atoms with E-state index in [9.17, 15) is 14.4 Å². The van der Waals surface area contributed by atoms with E-state index in [0.29, 0.717) is 29.9 Å². The normalized spacial score (nSPS) is 25.4. The number of carbonyl (C=O) groups is 3. The van der Waals surface area contributed by atoms with Crippen molar-refractivity contribution in [3.8, 4) is 5.88 Å². The van der Waals surface area contributed by atoms with Crippen LogP contribution in [0.1, 0.15) is 90.9 Å². The minimum absolute atomic E-state index is 0.143. The zero-order valence-corrected chi connectivity index (χ0v) is 25.8. The monoisotopic (exact) mass is 571 g/mol. The molecule has 0 atom stereocenters. The Balaban J connectivity index is 1.38. The molecule has 0 unspecified atom stereocenters. The standard InChI is InChI=1S/C31H49N5O5/c1-19(2)18-40-27-24(26(37)35-25-22-13-20-12-21(15-22)16-23(25)14-20)17-34-36(27)11-8-31(6,7)28(38)32-9-10-33-29(39)41-30(3,4)5/h8,11,17,19-23,25H,9-10,12-16,18H2,1-7H3,(H,32,38)(H,33,39)(H,35,37)/b11-8+. The second-order valence-electron chi connectivity index (χ2n) is 14.2. The molecule has 0 saturated heterocycles. The molecule has 0 spiro atoms. The number of hydrogen-bond donors (Lipinski definition) is 3. The summed E-state index contributed by atoms with van der Waals surface area (Å²) in [6, 6.07) is 0.222. The van der Waals surface area contributed by atoms with E-state index in [1.807, 2.05) is 0 Å². The lowest BCUT2D eigenvalue weighted by molar-refractivity contribution is -0.127. The number of rotatable bonds is 11. The number of ether oxygens (including phenoxy) is 2. The third-order valence-electron chi connectivity index (χ3n) is 8.37. The van der Waals surface area contributed by atoms with Gasteiger partial charge in [0.1, 0.15) is 11.2 Å². The topological polar surface area (TPSA) is 124 Å². The number of nitrogens with zero attached hydrogens (tertiary/aromatic N) is 2. The molecule has 10 nitrogen and oxygen atoms in total. The summed E-state index contributed by atoms with van der Waals surface area (Å²) in [6.07, 6.45) is 10.7. The first-order valence-corrected chi connectivity index (χ1v) is 15.2. The predicted octanol–water partition coefficient (Wildman–Crippen LogP) is 4.61. The number of alkyl carbamates (subject to hydrolysis) is 1. The molecule has 3 N–H and O–H groups in total. The van der Waals surface area contributed by atoms with Gasteiger partial charge < -0.3 is 25.4 Å². The summed E-state index contributed by atoms with van der Waals surface area (Å²) in [7, 11) is 0.